The second-order valence-corrected chi connectivity index (χ2v) is 6.60. The first-order chi connectivity index (χ1) is 11.6. The van der Waals surface area contributed by atoms with E-state index in [2.05, 4.69) is 21.0 Å². The highest BCUT2D eigenvalue weighted by molar-refractivity contribution is 9.10. The Hall–Kier alpha value is -1.85. The number of hydrogen-bond acceptors (Lipinski definition) is 3. The van der Waals surface area contributed by atoms with Gasteiger partial charge < -0.3 is 4.74 Å². The van der Waals surface area contributed by atoms with E-state index in [-0.39, 0.29) is 17.8 Å². The van der Waals surface area contributed by atoms with Gasteiger partial charge in [0.25, 0.3) is 5.91 Å². The summed E-state index contributed by atoms with van der Waals surface area (Å²) in [7, 11) is 1.63. The van der Waals surface area contributed by atoms with Crippen molar-refractivity contribution in [1.82, 2.24) is 5.01 Å². The summed E-state index contributed by atoms with van der Waals surface area (Å²) in [6.45, 7) is 0. The zero-order chi connectivity index (χ0) is 17.1. The maximum Gasteiger partial charge on any atom is 0.258 e. The predicted octanol–water partition coefficient (Wildman–Crippen LogP) is 4.37. The number of hydrazone groups is 1. The third-order valence-corrected chi connectivity index (χ3v) is 4.72. The van der Waals surface area contributed by atoms with Gasteiger partial charge in [0, 0.05) is 10.9 Å². The zero-order valence-corrected chi connectivity index (χ0v) is 15.4. The van der Waals surface area contributed by atoms with E-state index in [0.29, 0.717) is 6.42 Å². The molecule has 0 saturated carbocycles. The summed E-state index contributed by atoms with van der Waals surface area (Å²) in [5.74, 6) is 0.481. The Morgan fingerprint density at radius 2 is 1.92 bits per heavy atom. The van der Waals surface area contributed by atoms with E-state index >= 15 is 0 Å². The largest absolute Gasteiger partial charge is 0.497 e. The number of carbonyl (C=O) groups excluding carboxylic acids is 1. The van der Waals surface area contributed by atoms with Crippen LogP contribution >= 0.6 is 27.5 Å². The average molecular weight is 408 g/mol. The molecule has 0 fully saturated rings. The molecule has 24 heavy (non-hydrogen) atoms. The molecule has 0 spiro atoms. The third-order valence-electron chi connectivity index (χ3n) is 3.96. The van der Waals surface area contributed by atoms with E-state index in [1.165, 1.54) is 5.01 Å². The number of amides is 1. The van der Waals surface area contributed by atoms with Crippen LogP contribution in [0.4, 0.5) is 0 Å². The molecule has 6 heteroatoms. The van der Waals surface area contributed by atoms with Gasteiger partial charge in [0.15, 0.2) is 0 Å². The summed E-state index contributed by atoms with van der Waals surface area (Å²) in [5.41, 5.74) is 2.88. The van der Waals surface area contributed by atoms with Crippen LogP contribution in [0.1, 0.15) is 23.6 Å². The van der Waals surface area contributed by atoms with Gasteiger partial charge in [0.2, 0.25) is 0 Å². The average Bonchev–Trinajstić information content (AvgIpc) is 3.07. The molecule has 3 rings (SSSR count). The van der Waals surface area contributed by atoms with Crippen LogP contribution in [0, 0.1) is 0 Å². The van der Waals surface area contributed by atoms with E-state index < -0.39 is 0 Å². The fourth-order valence-electron chi connectivity index (χ4n) is 2.70. The molecule has 1 atom stereocenters. The summed E-state index contributed by atoms with van der Waals surface area (Å²) >= 11 is 9.19. The lowest BCUT2D eigenvalue weighted by molar-refractivity contribution is -0.130. The molecule has 1 aliphatic heterocycles. The smallest absolute Gasteiger partial charge is 0.258 e. The summed E-state index contributed by atoms with van der Waals surface area (Å²) in [6.07, 6.45) is 0.649. The summed E-state index contributed by atoms with van der Waals surface area (Å²) in [6, 6.07) is 15.4. The monoisotopic (exact) mass is 406 g/mol. The van der Waals surface area contributed by atoms with E-state index in [0.717, 1.165) is 27.1 Å². The molecule has 4 nitrogen and oxygen atoms in total. The van der Waals surface area contributed by atoms with Gasteiger partial charge in [-0.05, 0) is 35.4 Å². The van der Waals surface area contributed by atoms with Crippen LogP contribution in [0.5, 0.6) is 5.75 Å². The molecule has 0 radical (unpaired) electrons. The molecule has 0 saturated heterocycles. The standard InChI is InChI=1S/C18H16BrClN2O2/c1-24-15-8-4-13(5-9-15)17-10-16(21-22(17)18(23)11-20)12-2-6-14(19)7-3-12/h2-9,17H,10-11H2,1H3/t17-/m0/s1. The number of hydrogen-bond donors (Lipinski definition) is 0. The molecule has 1 aliphatic rings. The Bertz CT molecular complexity index is 760. The number of carbonyl (C=O) groups is 1. The van der Waals surface area contributed by atoms with Gasteiger partial charge in [-0.1, -0.05) is 40.2 Å². The van der Waals surface area contributed by atoms with Crippen molar-refractivity contribution < 1.29 is 9.53 Å². The maximum absolute atomic E-state index is 12.2. The Morgan fingerprint density at radius 3 is 2.50 bits per heavy atom. The van der Waals surface area contributed by atoms with Crippen LogP contribution in [0.15, 0.2) is 58.1 Å². The Morgan fingerprint density at radius 1 is 1.25 bits per heavy atom. The molecule has 1 amide bonds. The molecule has 124 valence electrons. The van der Waals surface area contributed by atoms with E-state index in [1.807, 2.05) is 48.5 Å². The Kier molecular flexibility index (Phi) is 5.21. The van der Waals surface area contributed by atoms with Gasteiger partial charge in [-0.2, -0.15) is 5.10 Å². The minimum Gasteiger partial charge on any atom is -0.497 e. The van der Waals surface area contributed by atoms with Crippen molar-refractivity contribution in [2.75, 3.05) is 13.0 Å². The number of rotatable bonds is 4. The number of nitrogens with zero attached hydrogens (tertiary/aromatic N) is 2. The molecule has 2 aromatic carbocycles. The second-order valence-electron chi connectivity index (χ2n) is 5.42. The van der Waals surface area contributed by atoms with Crippen molar-refractivity contribution in [3.05, 3.63) is 64.1 Å². The number of halogens is 2. The lowest BCUT2D eigenvalue weighted by Gasteiger charge is -2.21. The predicted molar refractivity (Wildman–Crippen MR) is 98.6 cm³/mol. The van der Waals surface area contributed by atoms with Gasteiger partial charge in [0.1, 0.15) is 11.6 Å². The highest BCUT2D eigenvalue weighted by Crippen LogP contribution is 2.33. The molecule has 2 aromatic rings. The SMILES string of the molecule is COc1ccc([C@@H]2CC(c3ccc(Br)cc3)=NN2C(=O)CCl)cc1. The third kappa shape index (κ3) is 3.47. The first-order valence-electron chi connectivity index (χ1n) is 7.47. The number of methoxy groups -OCH3 is 1. The summed E-state index contributed by atoms with van der Waals surface area (Å²) < 4.78 is 6.20. The molecule has 0 unspecified atom stereocenters. The van der Waals surface area contributed by atoms with E-state index in [4.69, 9.17) is 16.3 Å². The number of ether oxygens (including phenoxy) is 1. The number of benzene rings is 2. The van der Waals surface area contributed by atoms with Gasteiger partial charge >= 0.3 is 0 Å². The normalized spacial score (nSPS) is 16.9. The van der Waals surface area contributed by atoms with Crippen molar-refractivity contribution in [3.8, 4) is 5.75 Å². The van der Waals surface area contributed by atoms with Crippen molar-refractivity contribution in [1.29, 1.82) is 0 Å². The van der Waals surface area contributed by atoms with Gasteiger partial charge in [-0.15, -0.1) is 11.6 Å². The van der Waals surface area contributed by atoms with Gasteiger partial charge in [-0.25, -0.2) is 5.01 Å². The van der Waals surface area contributed by atoms with E-state index in [9.17, 15) is 4.79 Å². The Balaban J connectivity index is 1.91. The minimum atomic E-state index is -0.204. The van der Waals surface area contributed by atoms with Crippen molar-refractivity contribution in [2.45, 2.75) is 12.5 Å². The Labute approximate surface area is 154 Å². The van der Waals surface area contributed by atoms with Crippen molar-refractivity contribution in [3.63, 3.8) is 0 Å². The fraction of sp³-hybridized carbons (Fsp3) is 0.222. The molecule has 0 aliphatic carbocycles. The topological polar surface area (TPSA) is 41.9 Å². The zero-order valence-electron chi connectivity index (χ0n) is 13.1. The molecule has 0 bridgehead atoms. The quantitative estimate of drug-likeness (QED) is 0.706. The first kappa shape index (κ1) is 17.0. The maximum atomic E-state index is 12.2. The molecular weight excluding hydrogens is 392 g/mol. The lowest BCUT2D eigenvalue weighted by Crippen LogP contribution is -2.27. The van der Waals surface area contributed by atoms with Gasteiger partial charge in [0.05, 0.1) is 18.9 Å². The van der Waals surface area contributed by atoms with Crippen molar-refractivity contribution in [2.24, 2.45) is 5.10 Å². The van der Waals surface area contributed by atoms with Crippen LogP contribution in [0.3, 0.4) is 0 Å². The van der Waals surface area contributed by atoms with Crippen molar-refractivity contribution >= 4 is 39.1 Å². The number of alkyl halides is 1. The molecule has 1 heterocycles. The lowest BCUT2D eigenvalue weighted by atomic mass is 9.98. The van der Waals surface area contributed by atoms with Crippen LogP contribution in [0.2, 0.25) is 0 Å². The van der Waals surface area contributed by atoms with E-state index in [1.54, 1.807) is 7.11 Å². The van der Waals surface area contributed by atoms with Crippen LogP contribution in [0.25, 0.3) is 0 Å². The first-order valence-corrected chi connectivity index (χ1v) is 8.80. The van der Waals surface area contributed by atoms with Crippen LogP contribution in [-0.2, 0) is 4.79 Å². The molecule has 0 aromatic heterocycles. The van der Waals surface area contributed by atoms with Crippen LogP contribution in [-0.4, -0.2) is 29.6 Å². The minimum absolute atomic E-state index is 0.0935. The highest BCUT2D eigenvalue weighted by atomic mass is 79.9. The summed E-state index contributed by atoms with van der Waals surface area (Å²) in [4.78, 5) is 12.2. The molecular formula is C18H16BrClN2O2. The van der Waals surface area contributed by atoms with Crippen LogP contribution < -0.4 is 4.74 Å². The highest BCUT2D eigenvalue weighted by Gasteiger charge is 2.32. The molecule has 0 N–H and O–H groups in total. The fourth-order valence-corrected chi connectivity index (χ4v) is 3.09. The summed E-state index contributed by atoms with van der Waals surface area (Å²) in [5, 5.41) is 6.02. The second kappa shape index (κ2) is 7.36. The van der Waals surface area contributed by atoms with Gasteiger partial charge in [-0.3, -0.25) is 4.79 Å².